The van der Waals surface area contributed by atoms with Crippen LogP contribution in [0.15, 0.2) is 35.3 Å². The van der Waals surface area contributed by atoms with Crippen LogP contribution in [0.25, 0.3) is 0 Å². The molecule has 0 amide bonds. The van der Waals surface area contributed by atoms with Crippen LogP contribution in [0.5, 0.6) is 0 Å². The lowest BCUT2D eigenvalue weighted by Crippen LogP contribution is -2.20. The summed E-state index contributed by atoms with van der Waals surface area (Å²) in [6.07, 6.45) is 1.90. The van der Waals surface area contributed by atoms with Gasteiger partial charge in [-0.25, -0.2) is 0 Å². The van der Waals surface area contributed by atoms with E-state index < -0.39 is 0 Å². The third kappa shape index (κ3) is 5.04. The molecule has 1 aromatic rings. The second kappa shape index (κ2) is 6.28. The van der Waals surface area contributed by atoms with Gasteiger partial charge in [0, 0.05) is 14.2 Å². The van der Waals surface area contributed by atoms with Crippen LogP contribution in [-0.4, -0.2) is 4.75 Å². The molecule has 0 aliphatic heterocycles. The van der Waals surface area contributed by atoms with Crippen LogP contribution in [0, 0.1) is 0 Å². The smallest absolute Gasteiger partial charge is 0.0610 e. The predicted molar refractivity (Wildman–Crippen MR) is 82.6 cm³/mol. The van der Waals surface area contributed by atoms with Gasteiger partial charge in [0.25, 0.3) is 0 Å². The van der Waals surface area contributed by atoms with Gasteiger partial charge in [0.1, 0.15) is 0 Å². The molecule has 17 heavy (non-hydrogen) atoms. The number of hydrogen-bond donors (Lipinski definition) is 1. The minimum absolute atomic E-state index is 0.103. The molecule has 0 aliphatic rings. The standard InChI is InChI=1S/C13H17BrClNS/c1-5-12(16-17-13(2,3)4)10-7-6-9(15)8-11(10)14/h5-8,12,16H,1H2,2-4H3. The minimum Gasteiger partial charge on any atom is -0.252 e. The lowest BCUT2D eigenvalue weighted by Gasteiger charge is -2.23. The van der Waals surface area contributed by atoms with Gasteiger partial charge in [-0.3, -0.25) is 4.72 Å². The highest BCUT2D eigenvalue weighted by atomic mass is 79.9. The molecule has 1 unspecified atom stereocenters. The SMILES string of the molecule is C=CC(NSC(C)(C)C)c1ccc(Cl)cc1Br. The Kier molecular flexibility index (Phi) is 5.58. The van der Waals surface area contributed by atoms with Crippen molar-refractivity contribution in [2.24, 2.45) is 0 Å². The lowest BCUT2D eigenvalue weighted by molar-refractivity contribution is 0.764. The second-order valence-corrected chi connectivity index (χ2v) is 7.67. The molecule has 1 nitrogen and oxygen atoms in total. The third-order valence-corrected chi connectivity index (χ3v) is 3.93. The highest BCUT2D eigenvalue weighted by Gasteiger charge is 2.16. The third-order valence-electron chi connectivity index (χ3n) is 2.03. The van der Waals surface area contributed by atoms with Crippen LogP contribution in [0.1, 0.15) is 32.4 Å². The van der Waals surface area contributed by atoms with E-state index in [1.54, 1.807) is 11.9 Å². The summed E-state index contributed by atoms with van der Waals surface area (Å²) in [6, 6.07) is 5.90. The number of rotatable bonds is 4. The van der Waals surface area contributed by atoms with E-state index in [2.05, 4.69) is 48.0 Å². The van der Waals surface area contributed by atoms with Crippen molar-refractivity contribution in [3.05, 3.63) is 45.9 Å². The largest absolute Gasteiger partial charge is 0.252 e. The van der Waals surface area contributed by atoms with Gasteiger partial charge in [-0.2, -0.15) is 0 Å². The molecule has 0 fully saturated rings. The quantitative estimate of drug-likeness (QED) is 0.587. The number of benzene rings is 1. The van der Waals surface area contributed by atoms with Gasteiger partial charge in [-0.15, -0.1) is 6.58 Å². The molecule has 0 spiro atoms. The van der Waals surface area contributed by atoms with Crippen LogP contribution in [0.3, 0.4) is 0 Å². The van der Waals surface area contributed by atoms with Crippen LogP contribution in [0.2, 0.25) is 5.02 Å². The highest BCUT2D eigenvalue weighted by molar-refractivity contribution is 9.10. The number of hydrogen-bond acceptors (Lipinski definition) is 2. The van der Waals surface area contributed by atoms with Gasteiger partial charge in [0.2, 0.25) is 0 Å². The number of halogens is 2. The van der Waals surface area contributed by atoms with Crippen molar-refractivity contribution in [2.45, 2.75) is 31.6 Å². The van der Waals surface area contributed by atoms with Crippen molar-refractivity contribution >= 4 is 39.5 Å². The first-order valence-electron chi connectivity index (χ1n) is 5.34. The molecular weight excluding hydrogens is 318 g/mol. The molecule has 0 bridgehead atoms. The predicted octanol–water partition coefficient (Wildman–Crippen LogP) is 5.37. The van der Waals surface area contributed by atoms with E-state index in [1.165, 1.54) is 0 Å². The topological polar surface area (TPSA) is 12.0 Å². The average molecular weight is 335 g/mol. The average Bonchev–Trinajstić information content (AvgIpc) is 2.19. The molecule has 0 saturated heterocycles. The number of nitrogens with one attached hydrogen (secondary N) is 1. The van der Waals surface area contributed by atoms with Crippen LogP contribution < -0.4 is 4.72 Å². The molecule has 0 heterocycles. The summed E-state index contributed by atoms with van der Waals surface area (Å²) in [7, 11) is 0. The molecule has 0 aliphatic carbocycles. The second-order valence-electron chi connectivity index (χ2n) is 4.71. The van der Waals surface area contributed by atoms with Crippen LogP contribution in [0.4, 0.5) is 0 Å². The Labute approximate surface area is 121 Å². The molecule has 0 radical (unpaired) electrons. The summed E-state index contributed by atoms with van der Waals surface area (Å²) in [5, 5.41) is 0.729. The maximum Gasteiger partial charge on any atom is 0.0610 e. The van der Waals surface area contributed by atoms with Crippen molar-refractivity contribution in [3.63, 3.8) is 0 Å². The maximum absolute atomic E-state index is 5.93. The van der Waals surface area contributed by atoms with E-state index in [-0.39, 0.29) is 10.8 Å². The van der Waals surface area contributed by atoms with Gasteiger partial charge in [0.15, 0.2) is 0 Å². The maximum atomic E-state index is 5.93. The molecule has 0 aromatic heterocycles. The first-order chi connectivity index (χ1) is 7.83. The van der Waals surface area contributed by atoms with Crippen molar-refractivity contribution in [2.75, 3.05) is 0 Å². The van der Waals surface area contributed by atoms with Crippen molar-refractivity contribution in [1.29, 1.82) is 0 Å². The van der Waals surface area contributed by atoms with Gasteiger partial charge >= 0.3 is 0 Å². The highest BCUT2D eigenvalue weighted by Crippen LogP contribution is 2.30. The molecule has 1 N–H and O–H groups in total. The molecule has 1 aromatic carbocycles. The van der Waals surface area contributed by atoms with Crippen LogP contribution >= 0.6 is 39.5 Å². The van der Waals surface area contributed by atoms with E-state index in [4.69, 9.17) is 11.6 Å². The molecule has 1 atom stereocenters. The molecule has 0 saturated carbocycles. The fourth-order valence-corrected chi connectivity index (χ4v) is 2.87. The van der Waals surface area contributed by atoms with Gasteiger partial charge < -0.3 is 0 Å². The van der Waals surface area contributed by atoms with E-state index >= 15 is 0 Å². The summed E-state index contributed by atoms with van der Waals surface area (Å²) in [4.78, 5) is 0. The first kappa shape index (κ1) is 15.1. The summed E-state index contributed by atoms with van der Waals surface area (Å²) in [5.41, 5.74) is 1.14. The Bertz CT molecular complexity index is 401. The van der Waals surface area contributed by atoms with Crippen molar-refractivity contribution < 1.29 is 0 Å². The Hall–Kier alpha value is 0.0400. The van der Waals surface area contributed by atoms with Crippen molar-refractivity contribution in [1.82, 2.24) is 4.72 Å². The fraction of sp³-hybridized carbons (Fsp3) is 0.385. The monoisotopic (exact) mass is 333 g/mol. The molecule has 1 rings (SSSR count). The van der Waals surface area contributed by atoms with Gasteiger partial charge in [-0.1, -0.05) is 51.6 Å². The Morgan fingerprint density at radius 3 is 2.59 bits per heavy atom. The van der Waals surface area contributed by atoms with Crippen LogP contribution in [-0.2, 0) is 0 Å². The summed E-state index contributed by atoms with van der Waals surface area (Å²) in [5.74, 6) is 0. The fourth-order valence-electron chi connectivity index (χ4n) is 1.23. The van der Waals surface area contributed by atoms with E-state index in [0.717, 1.165) is 15.1 Å². The summed E-state index contributed by atoms with van der Waals surface area (Å²) < 4.78 is 4.58. The minimum atomic E-state index is 0.103. The van der Waals surface area contributed by atoms with E-state index in [9.17, 15) is 0 Å². The first-order valence-corrected chi connectivity index (χ1v) is 7.33. The normalized spacial score (nSPS) is 13.5. The molecule has 94 valence electrons. The zero-order chi connectivity index (χ0) is 13.1. The zero-order valence-corrected chi connectivity index (χ0v) is 13.4. The van der Waals surface area contributed by atoms with E-state index in [1.807, 2.05) is 24.3 Å². The van der Waals surface area contributed by atoms with Gasteiger partial charge in [-0.05, 0) is 38.5 Å². The summed E-state index contributed by atoms with van der Waals surface area (Å²) >= 11 is 11.2. The van der Waals surface area contributed by atoms with Gasteiger partial charge in [0.05, 0.1) is 6.04 Å². The molecule has 4 heteroatoms. The lowest BCUT2D eigenvalue weighted by atomic mass is 10.1. The Balaban J connectivity index is 2.83. The van der Waals surface area contributed by atoms with Crippen molar-refractivity contribution in [3.8, 4) is 0 Å². The molecular formula is C13H17BrClNS. The summed E-state index contributed by atoms with van der Waals surface area (Å²) in [6.45, 7) is 10.4. The Morgan fingerprint density at radius 2 is 2.12 bits per heavy atom. The Morgan fingerprint density at radius 1 is 1.47 bits per heavy atom. The zero-order valence-electron chi connectivity index (χ0n) is 10.3. The van der Waals surface area contributed by atoms with E-state index in [0.29, 0.717) is 0 Å².